The van der Waals surface area contributed by atoms with Crippen molar-refractivity contribution >= 4 is 10.8 Å². The molecule has 1 aromatic heterocycles. The Bertz CT molecular complexity index is 2820. The van der Waals surface area contributed by atoms with E-state index in [4.69, 9.17) is 15.0 Å². The van der Waals surface area contributed by atoms with Crippen molar-refractivity contribution in [1.82, 2.24) is 15.0 Å². The number of hydrogen-bond acceptors (Lipinski definition) is 4. The van der Waals surface area contributed by atoms with E-state index in [2.05, 4.69) is 153 Å². The van der Waals surface area contributed by atoms with Gasteiger partial charge in [0.15, 0.2) is 17.5 Å². The molecule has 0 saturated heterocycles. The summed E-state index contributed by atoms with van der Waals surface area (Å²) in [5.74, 6) is 4.21. The monoisotopic (exact) mass is 762 g/mol. The van der Waals surface area contributed by atoms with Crippen molar-refractivity contribution in [2.45, 2.75) is 51.4 Å². The second-order valence-electron chi connectivity index (χ2n) is 17.3. The van der Waals surface area contributed by atoms with Crippen molar-refractivity contribution in [2.75, 3.05) is 0 Å². The summed E-state index contributed by atoms with van der Waals surface area (Å²) in [5.41, 5.74) is 11.6. The zero-order valence-electron chi connectivity index (χ0n) is 33.6. The van der Waals surface area contributed by atoms with Crippen LogP contribution in [0.4, 0.5) is 0 Å². The van der Waals surface area contributed by atoms with Gasteiger partial charge in [-0.1, -0.05) is 135 Å². The molecular weight excluding hydrogens is 717 g/mol. The van der Waals surface area contributed by atoms with Gasteiger partial charge >= 0.3 is 0 Å². The summed E-state index contributed by atoms with van der Waals surface area (Å²) < 4.78 is 0. The first-order chi connectivity index (χ1) is 28.9. The maximum Gasteiger partial charge on any atom is 0.164 e. The van der Waals surface area contributed by atoms with Crippen LogP contribution in [-0.4, -0.2) is 15.0 Å². The SMILES string of the molecule is C[C@@H]1CC2C[C@H](C)CC(c3ccc(-c4nc(-c5cc(-c6ccccc6)cc(-c6ccc(C#N)cc6)c5)nc(-c5cc(-c6ccccc6)cc6ccccc56)n4)cc3)(C2)C1. The lowest BCUT2D eigenvalue weighted by Gasteiger charge is -2.50. The molecule has 1 heterocycles. The fourth-order valence-corrected chi connectivity index (χ4v) is 10.5. The quantitative estimate of drug-likeness (QED) is 0.162. The highest BCUT2D eigenvalue weighted by Crippen LogP contribution is 2.54. The zero-order valence-corrected chi connectivity index (χ0v) is 33.6. The molecule has 8 aromatic rings. The fourth-order valence-electron chi connectivity index (χ4n) is 10.5. The van der Waals surface area contributed by atoms with Crippen molar-refractivity contribution in [2.24, 2.45) is 17.8 Å². The van der Waals surface area contributed by atoms with E-state index >= 15 is 0 Å². The summed E-state index contributed by atoms with van der Waals surface area (Å²) in [6.07, 6.45) is 6.54. The molecule has 4 atom stereocenters. The zero-order chi connectivity index (χ0) is 39.9. The highest BCUT2D eigenvalue weighted by atomic mass is 15.0. The van der Waals surface area contributed by atoms with Gasteiger partial charge in [-0.15, -0.1) is 0 Å². The summed E-state index contributed by atoms with van der Waals surface area (Å²) in [6.45, 7) is 4.91. The maximum atomic E-state index is 9.54. The van der Waals surface area contributed by atoms with Crippen LogP contribution < -0.4 is 0 Å². The number of rotatable bonds is 7. The summed E-state index contributed by atoms with van der Waals surface area (Å²) in [5, 5.41) is 11.8. The molecule has 0 N–H and O–H groups in total. The Labute approximate surface area is 347 Å². The number of hydrogen-bond donors (Lipinski definition) is 0. The summed E-state index contributed by atoms with van der Waals surface area (Å²) in [4.78, 5) is 16.0. The molecule has 2 fully saturated rings. The second kappa shape index (κ2) is 15.2. The van der Waals surface area contributed by atoms with Gasteiger partial charge in [0.2, 0.25) is 0 Å². The smallest absolute Gasteiger partial charge is 0.164 e. The lowest BCUT2D eigenvalue weighted by Crippen LogP contribution is -2.42. The molecule has 59 heavy (non-hydrogen) atoms. The highest BCUT2D eigenvalue weighted by Gasteiger charge is 2.45. The summed E-state index contributed by atoms with van der Waals surface area (Å²) >= 11 is 0. The predicted octanol–water partition coefficient (Wildman–Crippen LogP) is 14.0. The molecule has 4 nitrogen and oxygen atoms in total. The molecule has 7 aromatic carbocycles. The van der Waals surface area contributed by atoms with Crippen LogP contribution in [-0.2, 0) is 5.41 Å². The predicted molar refractivity (Wildman–Crippen MR) is 241 cm³/mol. The number of nitriles is 1. The molecule has 2 aliphatic rings. The molecule has 2 unspecified atom stereocenters. The van der Waals surface area contributed by atoms with Gasteiger partial charge in [-0.2, -0.15) is 5.26 Å². The van der Waals surface area contributed by atoms with Gasteiger partial charge in [-0.25, -0.2) is 15.0 Å². The number of benzene rings is 7. The number of aromatic nitrogens is 3. The van der Waals surface area contributed by atoms with Crippen LogP contribution in [0.5, 0.6) is 0 Å². The Kier molecular flexibility index (Phi) is 9.46. The molecule has 0 aliphatic heterocycles. The third-order valence-electron chi connectivity index (χ3n) is 12.9. The lowest BCUT2D eigenvalue weighted by atomic mass is 9.54. The summed E-state index contributed by atoms with van der Waals surface area (Å²) in [6, 6.07) is 59.8. The van der Waals surface area contributed by atoms with Gasteiger partial charge < -0.3 is 0 Å². The minimum absolute atomic E-state index is 0.241. The van der Waals surface area contributed by atoms with Crippen molar-refractivity contribution in [3.63, 3.8) is 0 Å². The van der Waals surface area contributed by atoms with Crippen LogP contribution in [0.2, 0.25) is 0 Å². The van der Waals surface area contributed by atoms with E-state index in [0.29, 0.717) is 23.0 Å². The fraction of sp³-hybridized carbons (Fsp3) is 0.200. The topological polar surface area (TPSA) is 62.5 Å². The van der Waals surface area contributed by atoms with Gasteiger partial charge in [-0.05, 0) is 147 Å². The Balaban J connectivity index is 1.17. The average molecular weight is 763 g/mol. The van der Waals surface area contributed by atoms with Crippen molar-refractivity contribution < 1.29 is 0 Å². The van der Waals surface area contributed by atoms with E-state index in [-0.39, 0.29) is 5.41 Å². The van der Waals surface area contributed by atoms with Gasteiger partial charge in [0.1, 0.15) is 0 Å². The lowest BCUT2D eigenvalue weighted by molar-refractivity contribution is 0.0780. The van der Waals surface area contributed by atoms with Crippen molar-refractivity contribution in [3.05, 3.63) is 175 Å². The van der Waals surface area contributed by atoms with E-state index in [9.17, 15) is 5.26 Å². The third-order valence-corrected chi connectivity index (χ3v) is 12.9. The van der Waals surface area contributed by atoms with Gasteiger partial charge in [-0.3, -0.25) is 0 Å². The average Bonchev–Trinajstić information content (AvgIpc) is 3.28. The largest absolute Gasteiger partial charge is 0.208 e. The maximum absolute atomic E-state index is 9.54. The van der Waals surface area contributed by atoms with Gasteiger partial charge in [0, 0.05) is 16.7 Å². The molecule has 4 heteroatoms. The molecule has 10 rings (SSSR count). The first kappa shape index (κ1) is 36.6. The molecule has 286 valence electrons. The van der Waals surface area contributed by atoms with Crippen molar-refractivity contribution in [1.29, 1.82) is 5.26 Å². The Hall–Kier alpha value is -6.70. The van der Waals surface area contributed by atoms with E-state index in [0.717, 1.165) is 78.6 Å². The normalized spacial score (nSPS) is 19.9. The molecule has 2 bridgehead atoms. The molecule has 0 amide bonds. The first-order valence-corrected chi connectivity index (χ1v) is 21.1. The Morgan fingerprint density at radius 2 is 0.983 bits per heavy atom. The van der Waals surface area contributed by atoms with E-state index in [1.54, 1.807) is 0 Å². The van der Waals surface area contributed by atoms with Crippen LogP contribution in [0.15, 0.2) is 164 Å². The van der Waals surface area contributed by atoms with E-state index in [1.807, 2.05) is 30.3 Å². The third kappa shape index (κ3) is 7.23. The van der Waals surface area contributed by atoms with Crippen LogP contribution >= 0.6 is 0 Å². The standard InChI is InChI=1S/C55H46N4/c1-36-25-39-26-37(2)33-55(32-36,34-39)49-23-21-43(22-24-49)52-57-53(48-29-45(40-11-5-3-6-12-40)28-46(30-48)42-19-17-38(35-56)18-20-42)59-54(58-52)51-31-47(41-13-7-4-8-14-41)27-44-15-9-10-16-50(44)51/h3-24,27-31,36-37,39H,25-26,32-34H2,1-2H3/t36-,37+,39?,55?. The van der Waals surface area contributed by atoms with Crippen LogP contribution in [0.1, 0.15) is 57.1 Å². The summed E-state index contributed by atoms with van der Waals surface area (Å²) in [7, 11) is 0. The Morgan fingerprint density at radius 3 is 1.61 bits per heavy atom. The highest BCUT2D eigenvalue weighted by molar-refractivity contribution is 5.99. The molecule has 2 aliphatic carbocycles. The molecule has 2 saturated carbocycles. The minimum Gasteiger partial charge on any atom is -0.208 e. The molecular formula is C55H46N4. The van der Waals surface area contributed by atoms with Crippen LogP contribution in [0.3, 0.4) is 0 Å². The number of fused-ring (bicyclic) bond motifs is 3. The minimum atomic E-state index is 0.241. The van der Waals surface area contributed by atoms with Crippen LogP contribution in [0, 0.1) is 29.1 Å². The van der Waals surface area contributed by atoms with Gasteiger partial charge in [0.25, 0.3) is 0 Å². The second-order valence-corrected chi connectivity index (χ2v) is 17.3. The van der Waals surface area contributed by atoms with Crippen LogP contribution in [0.25, 0.3) is 78.3 Å². The Morgan fingerprint density at radius 1 is 0.475 bits per heavy atom. The van der Waals surface area contributed by atoms with Crippen molar-refractivity contribution in [3.8, 4) is 73.6 Å². The molecule has 0 spiro atoms. The number of nitrogens with zero attached hydrogens (tertiary/aromatic N) is 4. The van der Waals surface area contributed by atoms with E-state index < -0.39 is 0 Å². The molecule has 0 radical (unpaired) electrons. The van der Waals surface area contributed by atoms with E-state index in [1.165, 1.54) is 37.7 Å². The van der Waals surface area contributed by atoms with Gasteiger partial charge in [0.05, 0.1) is 11.6 Å². The first-order valence-electron chi connectivity index (χ1n) is 21.1.